The number of methoxy groups -OCH3 is 1. The van der Waals surface area contributed by atoms with Crippen molar-refractivity contribution in [3.05, 3.63) is 95.3 Å². The van der Waals surface area contributed by atoms with E-state index in [2.05, 4.69) is 10.6 Å². The van der Waals surface area contributed by atoms with Gasteiger partial charge in [0.1, 0.15) is 11.6 Å². The quantitative estimate of drug-likeness (QED) is 0.637. The molecular weight excluding hydrogens is 371 g/mol. The highest BCUT2D eigenvalue weighted by atomic mass is 19.1. The van der Waals surface area contributed by atoms with Gasteiger partial charge in [0.25, 0.3) is 11.8 Å². The zero-order valence-electron chi connectivity index (χ0n) is 15.9. The molecule has 0 bridgehead atoms. The summed E-state index contributed by atoms with van der Waals surface area (Å²) in [6, 6.07) is 19.6. The van der Waals surface area contributed by atoms with Crippen molar-refractivity contribution in [3.63, 3.8) is 0 Å². The first-order valence-corrected chi connectivity index (χ1v) is 9.13. The topological polar surface area (TPSA) is 67.4 Å². The van der Waals surface area contributed by atoms with E-state index in [-0.39, 0.29) is 17.6 Å². The van der Waals surface area contributed by atoms with Gasteiger partial charge in [-0.25, -0.2) is 4.39 Å². The molecule has 2 N–H and O–H groups in total. The third-order valence-electron chi connectivity index (χ3n) is 4.35. The van der Waals surface area contributed by atoms with Gasteiger partial charge in [0, 0.05) is 23.4 Å². The van der Waals surface area contributed by atoms with Crippen LogP contribution in [0.4, 0.5) is 10.1 Å². The minimum Gasteiger partial charge on any atom is -0.497 e. The molecule has 0 heterocycles. The molecule has 0 aliphatic rings. The van der Waals surface area contributed by atoms with Gasteiger partial charge in [-0.05, 0) is 66.6 Å². The first-order chi connectivity index (χ1) is 14.0. The van der Waals surface area contributed by atoms with Gasteiger partial charge in [-0.2, -0.15) is 0 Å². The van der Waals surface area contributed by atoms with Crippen LogP contribution in [0.25, 0.3) is 0 Å². The second kappa shape index (κ2) is 9.50. The summed E-state index contributed by atoms with van der Waals surface area (Å²) in [5.41, 5.74) is 2.30. The molecule has 0 aromatic heterocycles. The number of rotatable bonds is 7. The van der Waals surface area contributed by atoms with Crippen LogP contribution in [0.1, 0.15) is 26.3 Å². The van der Waals surface area contributed by atoms with Crippen molar-refractivity contribution >= 4 is 17.5 Å². The largest absolute Gasteiger partial charge is 0.497 e. The Morgan fingerprint density at radius 3 is 2.21 bits per heavy atom. The highest BCUT2D eigenvalue weighted by Crippen LogP contribution is 2.13. The molecule has 0 spiro atoms. The van der Waals surface area contributed by atoms with Gasteiger partial charge in [-0.3, -0.25) is 9.59 Å². The van der Waals surface area contributed by atoms with Crippen molar-refractivity contribution < 1.29 is 18.7 Å². The summed E-state index contributed by atoms with van der Waals surface area (Å²) in [7, 11) is 1.61. The Morgan fingerprint density at radius 2 is 1.55 bits per heavy atom. The van der Waals surface area contributed by atoms with Crippen LogP contribution in [-0.4, -0.2) is 25.5 Å². The summed E-state index contributed by atoms with van der Waals surface area (Å²) >= 11 is 0. The van der Waals surface area contributed by atoms with E-state index in [4.69, 9.17) is 4.74 Å². The Balaban J connectivity index is 1.56. The maximum absolute atomic E-state index is 13.0. The lowest BCUT2D eigenvalue weighted by atomic mass is 10.1. The van der Waals surface area contributed by atoms with E-state index in [1.54, 1.807) is 25.3 Å². The van der Waals surface area contributed by atoms with Crippen LogP contribution >= 0.6 is 0 Å². The van der Waals surface area contributed by atoms with Crippen molar-refractivity contribution in [2.45, 2.75) is 6.42 Å². The number of hydrogen-bond acceptors (Lipinski definition) is 3. The molecule has 29 heavy (non-hydrogen) atoms. The van der Waals surface area contributed by atoms with Crippen LogP contribution in [0.2, 0.25) is 0 Å². The molecule has 0 radical (unpaired) electrons. The molecule has 5 nitrogen and oxygen atoms in total. The first-order valence-electron chi connectivity index (χ1n) is 9.13. The van der Waals surface area contributed by atoms with Gasteiger partial charge < -0.3 is 15.4 Å². The second-order valence-electron chi connectivity index (χ2n) is 6.40. The molecule has 3 aromatic rings. The lowest BCUT2D eigenvalue weighted by molar-refractivity contribution is 0.0954. The maximum Gasteiger partial charge on any atom is 0.255 e. The number of halogens is 1. The van der Waals surface area contributed by atoms with Crippen LogP contribution in [0.3, 0.4) is 0 Å². The summed E-state index contributed by atoms with van der Waals surface area (Å²) in [5, 5.41) is 5.53. The van der Waals surface area contributed by atoms with Crippen LogP contribution in [0, 0.1) is 5.82 Å². The molecule has 0 fully saturated rings. The van der Waals surface area contributed by atoms with E-state index in [1.165, 1.54) is 30.3 Å². The highest BCUT2D eigenvalue weighted by Gasteiger charge is 2.11. The number of carbonyl (C=O) groups is 2. The molecule has 2 amide bonds. The van der Waals surface area contributed by atoms with Crippen LogP contribution in [0.5, 0.6) is 5.75 Å². The molecular formula is C23H21FN2O3. The van der Waals surface area contributed by atoms with Crippen molar-refractivity contribution in [2.24, 2.45) is 0 Å². The molecule has 0 atom stereocenters. The number of anilines is 1. The number of ether oxygens (including phenoxy) is 1. The third-order valence-corrected chi connectivity index (χ3v) is 4.35. The van der Waals surface area contributed by atoms with E-state index < -0.39 is 0 Å². The Labute approximate surface area is 168 Å². The summed E-state index contributed by atoms with van der Waals surface area (Å²) in [6.45, 7) is 0.469. The third kappa shape index (κ3) is 5.65. The van der Waals surface area contributed by atoms with E-state index in [9.17, 15) is 14.0 Å². The second-order valence-corrected chi connectivity index (χ2v) is 6.40. The summed E-state index contributed by atoms with van der Waals surface area (Å²) in [4.78, 5) is 24.8. The zero-order valence-corrected chi connectivity index (χ0v) is 15.9. The average molecular weight is 392 g/mol. The van der Waals surface area contributed by atoms with E-state index >= 15 is 0 Å². The molecule has 0 aliphatic heterocycles. The van der Waals surface area contributed by atoms with Crippen LogP contribution in [-0.2, 0) is 6.42 Å². The first kappa shape index (κ1) is 20.1. The predicted molar refractivity (Wildman–Crippen MR) is 110 cm³/mol. The van der Waals surface area contributed by atoms with Crippen molar-refractivity contribution in [1.82, 2.24) is 5.32 Å². The van der Waals surface area contributed by atoms with E-state index in [1.807, 2.05) is 24.3 Å². The molecule has 0 unspecified atom stereocenters. The molecule has 3 aromatic carbocycles. The number of nitrogens with one attached hydrogen (secondary N) is 2. The Hall–Kier alpha value is -3.67. The van der Waals surface area contributed by atoms with Crippen molar-refractivity contribution in [2.75, 3.05) is 19.0 Å². The van der Waals surface area contributed by atoms with Crippen LogP contribution in [0.15, 0.2) is 72.8 Å². The van der Waals surface area contributed by atoms with Gasteiger partial charge in [-0.1, -0.05) is 18.2 Å². The minimum atomic E-state index is -0.378. The molecule has 6 heteroatoms. The smallest absolute Gasteiger partial charge is 0.255 e. The van der Waals surface area contributed by atoms with Gasteiger partial charge in [0.2, 0.25) is 0 Å². The minimum absolute atomic E-state index is 0.255. The fourth-order valence-corrected chi connectivity index (χ4v) is 2.75. The molecule has 3 rings (SSSR count). The van der Waals surface area contributed by atoms with Gasteiger partial charge in [0.05, 0.1) is 7.11 Å². The SMILES string of the molecule is COc1ccc(CCNC(=O)c2cccc(C(=O)Nc3ccc(F)cc3)c2)cc1. The van der Waals surface area contributed by atoms with Gasteiger partial charge >= 0.3 is 0 Å². The average Bonchev–Trinajstić information content (AvgIpc) is 2.76. The fraction of sp³-hybridized carbons (Fsp3) is 0.130. The lowest BCUT2D eigenvalue weighted by Gasteiger charge is -2.08. The number of amides is 2. The normalized spacial score (nSPS) is 10.3. The fourth-order valence-electron chi connectivity index (χ4n) is 2.75. The van der Waals surface area contributed by atoms with Crippen molar-refractivity contribution in [1.29, 1.82) is 0 Å². The Morgan fingerprint density at radius 1 is 0.897 bits per heavy atom. The Bertz CT molecular complexity index is 986. The number of benzene rings is 3. The maximum atomic E-state index is 13.0. The van der Waals surface area contributed by atoms with Gasteiger partial charge in [0.15, 0.2) is 0 Å². The molecule has 148 valence electrons. The van der Waals surface area contributed by atoms with Crippen molar-refractivity contribution in [3.8, 4) is 5.75 Å². The molecule has 0 aliphatic carbocycles. The van der Waals surface area contributed by atoms with Crippen LogP contribution < -0.4 is 15.4 Å². The standard InChI is InChI=1S/C23H21FN2O3/c1-29-21-11-5-16(6-12-21)13-14-25-22(27)17-3-2-4-18(15-17)23(28)26-20-9-7-19(24)8-10-20/h2-12,15H,13-14H2,1H3,(H,25,27)(H,26,28). The molecule has 0 saturated heterocycles. The molecule has 0 saturated carbocycles. The summed E-state index contributed by atoms with van der Waals surface area (Å²) in [5.74, 6) is -0.218. The lowest BCUT2D eigenvalue weighted by Crippen LogP contribution is -2.26. The number of hydrogen-bond donors (Lipinski definition) is 2. The highest BCUT2D eigenvalue weighted by molar-refractivity contribution is 6.06. The van der Waals surface area contributed by atoms with Gasteiger partial charge in [-0.15, -0.1) is 0 Å². The summed E-state index contributed by atoms with van der Waals surface area (Å²) < 4.78 is 18.1. The monoisotopic (exact) mass is 392 g/mol. The zero-order chi connectivity index (χ0) is 20.6. The summed E-state index contributed by atoms with van der Waals surface area (Å²) in [6.07, 6.45) is 0.681. The Kier molecular flexibility index (Phi) is 6.58. The van der Waals surface area contributed by atoms with E-state index in [0.717, 1.165) is 11.3 Å². The number of carbonyl (C=O) groups excluding carboxylic acids is 2. The van der Waals surface area contributed by atoms with E-state index in [0.29, 0.717) is 29.8 Å². The predicted octanol–water partition coefficient (Wildman–Crippen LogP) is 4.06.